The molecule has 0 aromatic heterocycles. The predicted octanol–water partition coefficient (Wildman–Crippen LogP) is 2.18. The summed E-state index contributed by atoms with van der Waals surface area (Å²) in [7, 11) is 1.65. The van der Waals surface area contributed by atoms with E-state index in [1.54, 1.807) is 11.9 Å². The van der Waals surface area contributed by atoms with Crippen molar-refractivity contribution < 1.29 is 13.9 Å². The zero-order chi connectivity index (χ0) is 24.0. The number of benzene rings is 1. The summed E-state index contributed by atoms with van der Waals surface area (Å²) in [5.41, 5.74) is 1.79. The van der Waals surface area contributed by atoms with Gasteiger partial charge in [0.15, 0.2) is 5.82 Å². The molecule has 33 heavy (non-hydrogen) atoms. The molecule has 174 valence electrons. The second kappa shape index (κ2) is 10.7. The predicted molar refractivity (Wildman–Crippen MR) is 125 cm³/mol. The molecule has 0 radical (unpaired) electrons. The number of hydrogen-bond donors (Lipinski definition) is 5. The zero-order valence-electron chi connectivity index (χ0n) is 18.7. The van der Waals surface area contributed by atoms with Gasteiger partial charge >= 0.3 is 0 Å². The normalized spacial score (nSPS) is 18.5. The average Bonchev–Trinajstić information content (AvgIpc) is 3.32. The Morgan fingerprint density at radius 3 is 2.82 bits per heavy atom. The van der Waals surface area contributed by atoms with Crippen molar-refractivity contribution in [3.8, 4) is 6.07 Å². The summed E-state index contributed by atoms with van der Waals surface area (Å²) in [5, 5.41) is 34.7. The first-order chi connectivity index (χ1) is 15.9. The Morgan fingerprint density at radius 1 is 1.42 bits per heavy atom. The number of anilines is 1. The molecule has 1 aromatic rings. The fourth-order valence-electron chi connectivity index (χ4n) is 3.90. The number of allylic oxidation sites excluding steroid dienone is 1. The van der Waals surface area contributed by atoms with Gasteiger partial charge in [-0.15, -0.1) is 0 Å². The summed E-state index contributed by atoms with van der Waals surface area (Å²) < 4.78 is 20.6. The number of nitrogens with one attached hydrogen (secondary N) is 5. The SMILES string of the molecule is CN/C=C(\C=N)c1ccc(NC(=N)C2=C(NC3CCOC3)CCN(C(C)=O)C2)c(F)c1C#N. The lowest BCUT2D eigenvalue weighted by atomic mass is 9.99. The van der Waals surface area contributed by atoms with Crippen molar-refractivity contribution >= 4 is 29.2 Å². The highest BCUT2D eigenvalue weighted by Crippen LogP contribution is 2.27. The molecule has 0 saturated carbocycles. The Bertz CT molecular complexity index is 1050. The van der Waals surface area contributed by atoms with E-state index in [1.807, 2.05) is 6.07 Å². The molecule has 1 aromatic carbocycles. The van der Waals surface area contributed by atoms with E-state index >= 15 is 4.39 Å². The van der Waals surface area contributed by atoms with Gasteiger partial charge in [-0.25, -0.2) is 4.39 Å². The lowest BCUT2D eigenvalue weighted by Gasteiger charge is -2.32. The van der Waals surface area contributed by atoms with Gasteiger partial charge in [0, 0.05) is 68.4 Å². The molecule has 1 atom stereocenters. The molecule has 3 rings (SSSR count). The van der Waals surface area contributed by atoms with E-state index < -0.39 is 5.82 Å². The molecule has 1 amide bonds. The van der Waals surface area contributed by atoms with Crippen molar-refractivity contribution in [2.24, 2.45) is 0 Å². The van der Waals surface area contributed by atoms with Gasteiger partial charge in [0.2, 0.25) is 5.91 Å². The Hall–Kier alpha value is -3.71. The third kappa shape index (κ3) is 5.38. The van der Waals surface area contributed by atoms with Crippen LogP contribution in [0.4, 0.5) is 10.1 Å². The number of nitriles is 1. The number of hydrogen-bond acceptors (Lipinski definition) is 7. The molecule has 0 aliphatic carbocycles. The van der Waals surface area contributed by atoms with Crippen LogP contribution in [0.3, 0.4) is 0 Å². The smallest absolute Gasteiger partial charge is 0.219 e. The van der Waals surface area contributed by atoms with Gasteiger partial charge in [0.05, 0.1) is 30.4 Å². The molecule has 0 bridgehead atoms. The van der Waals surface area contributed by atoms with Crippen LogP contribution in [-0.4, -0.2) is 62.3 Å². The fourth-order valence-corrected chi connectivity index (χ4v) is 3.90. The van der Waals surface area contributed by atoms with Crippen LogP contribution < -0.4 is 16.0 Å². The maximum absolute atomic E-state index is 15.2. The number of amides is 1. The number of halogens is 1. The van der Waals surface area contributed by atoms with Crippen molar-refractivity contribution in [3.63, 3.8) is 0 Å². The van der Waals surface area contributed by atoms with E-state index in [1.165, 1.54) is 25.3 Å². The molecule has 5 N–H and O–H groups in total. The molecule has 0 spiro atoms. The molecule has 10 heteroatoms. The topological polar surface area (TPSA) is 137 Å². The van der Waals surface area contributed by atoms with Crippen molar-refractivity contribution in [1.82, 2.24) is 15.5 Å². The Kier molecular flexibility index (Phi) is 7.79. The van der Waals surface area contributed by atoms with E-state index in [2.05, 4.69) is 16.0 Å². The van der Waals surface area contributed by atoms with Crippen LogP contribution in [0.25, 0.3) is 5.57 Å². The lowest BCUT2D eigenvalue weighted by Crippen LogP contribution is -2.42. The van der Waals surface area contributed by atoms with Crippen molar-refractivity contribution in [3.05, 3.63) is 46.5 Å². The van der Waals surface area contributed by atoms with Crippen LogP contribution in [-0.2, 0) is 9.53 Å². The molecular formula is C23H28FN7O2. The van der Waals surface area contributed by atoms with Crippen molar-refractivity contribution in [2.45, 2.75) is 25.8 Å². The highest BCUT2D eigenvalue weighted by Gasteiger charge is 2.27. The number of carbonyl (C=O) groups excluding carboxylic acids is 1. The van der Waals surface area contributed by atoms with Gasteiger partial charge in [0.1, 0.15) is 11.9 Å². The van der Waals surface area contributed by atoms with E-state index in [4.69, 9.17) is 15.6 Å². The van der Waals surface area contributed by atoms with Crippen LogP contribution in [0.2, 0.25) is 0 Å². The van der Waals surface area contributed by atoms with Gasteiger partial charge in [0.25, 0.3) is 0 Å². The molecule has 1 saturated heterocycles. The largest absolute Gasteiger partial charge is 0.393 e. The second-order valence-corrected chi connectivity index (χ2v) is 7.85. The monoisotopic (exact) mass is 453 g/mol. The van der Waals surface area contributed by atoms with E-state index in [-0.39, 0.29) is 41.1 Å². The number of amidine groups is 1. The third-order valence-corrected chi connectivity index (χ3v) is 5.68. The summed E-state index contributed by atoms with van der Waals surface area (Å²) in [6.07, 6.45) is 3.95. The van der Waals surface area contributed by atoms with Crippen LogP contribution in [0.15, 0.2) is 29.6 Å². The first kappa shape index (κ1) is 23.9. The van der Waals surface area contributed by atoms with E-state index in [0.717, 1.165) is 18.3 Å². The standard InChI is InChI=1S/C23H28FN7O2/c1-14(32)31-7-5-20(29-16-6-8-33-13-16)19(12-31)23(27)30-21-4-3-17(15(9-25)11-28-2)18(10-26)22(21)24/h3-4,9,11,16,25,28-29H,5-8,12-13H2,1-2H3,(H2,27,30)/b15-11+,25-9?. The van der Waals surface area contributed by atoms with Crippen molar-refractivity contribution in [1.29, 1.82) is 16.1 Å². The minimum atomic E-state index is -0.804. The molecule has 9 nitrogen and oxygen atoms in total. The fraction of sp³-hybridized carbons (Fsp3) is 0.391. The van der Waals surface area contributed by atoms with Crippen LogP contribution >= 0.6 is 0 Å². The zero-order valence-corrected chi connectivity index (χ0v) is 18.7. The van der Waals surface area contributed by atoms with Gasteiger partial charge in [-0.1, -0.05) is 6.07 Å². The van der Waals surface area contributed by atoms with E-state index in [0.29, 0.717) is 37.3 Å². The lowest BCUT2D eigenvalue weighted by molar-refractivity contribution is -0.128. The molecular weight excluding hydrogens is 425 g/mol. The minimum absolute atomic E-state index is 0.0231. The molecule has 2 heterocycles. The first-order valence-corrected chi connectivity index (χ1v) is 10.7. The quantitative estimate of drug-likeness (QED) is 0.317. The number of nitrogens with zero attached hydrogens (tertiary/aromatic N) is 2. The number of ether oxygens (including phenoxy) is 1. The summed E-state index contributed by atoms with van der Waals surface area (Å²) in [5.74, 6) is -0.945. The Morgan fingerprint density at radius 2 is 2.21 bits per heavy atom. The van der Waals surface area contributed by atoms with Crippen molar-refractivity contribution in [2.75, 3.05) is 38.7 Å². The van der Waals surface area contributed by atoms with Gasteiger partial charge in [-0.2, -0.15) is 5.26 Å². The van der Waals surface area contributed by atoms with Gasteiger partial charge in [-0.05, 0) is 12.5 Å². The minimum Gasteiger partial charge on any atom is -0.393 e. The second-order valence-electron chi connectivity index (χ2n) is 7.85. The first-order valence-electron chi connectivity index (χ1n) is 10.7. The maximum Gasteiger partial charge on any atom is 0.219 e. The van der Waals surface area contributed by atoms with Crippen LogP contribution in [0.5, 0.6) is 0 Å². The highest BCUT2D eigenvalue weighted by molar-refractivity contribution is 6.10. The van der Waals surface area contributed by atoms with Crippen LogP contribution in [0, 0.1) is 28.0 Å². The third-order valence-electron chi connectivity index (χ3n) is 5.68. The Labute approximate surface area is 192 Å². The summed E-state index contributed by atoms with van der Waals surface area (Å²) in [6.45, 7) is 3.49. The average molecular weight is 454 g/mol. The van der Waals surface area contributed by atoms with Gasteiger partial charge < -0.3 is 31.0 Å². The molecule has 2 aliphatic rings. The highest BCUT2D eigenvalue weighted by atomic mass is 19.1. The number of carbonyl (C=O) groups is 1. The van der Waals surface area contributed by atoms with E-state index in [9.17, 15) is 10.1 Å². The summed E-state index contributed by atoms with van der Waals surface area (Å²) >= 11 is 0. The number of rotatable bonds is 7. The Balaban J connectivity index is 1.91. The summed E-state index contributed by atoms with van der Waals surface area (Å²) in [4.78, 5) is 13.6. The maximum atomic E-state index is 15.2. The van der Waals surface area contributed by atoms with Gasteiger partial charge in [-0.3, -0.25) is 10.2 Å². The molecule has 1 unspecified atom stereocenters. The summed E-state index contributed by atoms with van der Waals surface area (Å²) in [6, 6.07) is 4.97. The molecule has 1 fully saturated rings. The molecule has 2 aliphatic heterocycles. The van der Waals surface area contributed by atoms with Crippen LogP contribution in [0.1, 0.15) is 30.9 Å².